The lowest BCUT2D eigenvalue weighted by atomic mass is 9.99. The maximum absolute atomic E-state index is 11.9. The maximum atomic E-state index is 11.9. The van der Waals surface area contributed by atoms with Gasteiger partial charge in [-0.2, -0.15) is 0 Å². The molecule has 3 heterocycles. The van der Waals surface area contributed by atoms with Crippen LogP contribution in [0.3, 0.4) is 0 Å². The smallest absolute Gasteiger partial charge is 0.326 e. The lowest BCUT2D eigenvalue weighted by Gasteiger charge is -2.34. The Bertz CT molecular complexity index is 1050. The number of hydrogen-bond donors (Lipinski definition) is 2. The first-order valence-electron chi connectivity index (χ1n) is 11.0. The molecule has 168 valence electrons. The molecule has 1 saturated heterocycles. The fourth-order valence-corrected chi connectivity index (χ4v) is 3.90. The first-order valence-corrected chi connectivity index (χ1v) is 11.0. The van der Waals surface area contributed by atoms with Gasteiger partial charge in [0.05, 0.1) is 12.1 Å². The monoisotopic (exact) mass is 435 g/mol. The second kappa shape index (κ2) is 9.86. The summed E-state index contributed by atoms with van der Waals surface area (Å²) in [6, 6.07) is 8.83. The Labute approximate surface area is 187 Å². The molecule has 2 N–H and O–H groups in total. The molecule has 1 aliphatic heterocycles. The molecule has 1 aromatic carbocycles. The zero-order valence-corrected chi connectivity index (χ0v) is 18.5. The van der Waals surface area contributed by atoms with Crippen molar-refractivity contribution in [2.45, 2.75) is 32.9 Å². The van der Waals surface area contributed by atoms with Crippen LogP contribution in [-0.4, -0.2) is 68.1 Å². The topological polar surface area (TPSA) is 107 Å². The summed E-state index contributed by atoms with van der Waals surface area (Å²) in [5, 5.41) is 13.7. The number of nitrogens with zero attached hydrogens (tertiary/aromatic N) is 6. The van der Waals surface area contributed by atoms with E-state index in [1.807, 2.05) is 44.2 Å². The third-order valence-corrected chi connectivity index (χ3v) is 5.99. The fourth-order valence-electron chi connectivity index (χ4n) is 3.90. The molecule has 9 heteroatoms. The Balaban J connectivity index is 1.52. The molecule has 4 rings (SSSR count). The lowest BCUT2D eigenvalue weighted by Crippen LogP contribution is -2.46. The summed E-state index contributed by atoms with van der Waals surface area (Å²) in [5.41, 5.74) is 0.810. The molecule has 0 saturated carbocycles. The van der Waals surface area contributed by atoms with Gasteiger partial charge >= 0.3 is 5.97 Å². The number of nitrogens with one attached hydrogen (secondary N) is 1. The van der Waals surface area contributed by atoms with Crippen molar-refractivity contribution >= 4 is 28.6 Å². The van der Waals surface area contributed by atoms with E-state index in [2.05, 4.69) is 25.1 Å². The van der Waals surface area contributed by atoms with E-state index in [1.54, 1.807) is 12.4 Å². The van der Waals surface area contributed by atoms with Crippen LogP contribution in [-0.2, 0) is 11.3 Å². The lowest BCUT2D eigenvalue weighted by molar-refractivity contribution is -0.139. The van der Waals surface area contributed by atoms with Gasteiger partial charge in [0.15, 0.2) is 0 Å². The van der Waals surface area contributed by atoms with Gasteiger partial charge < -0.3 is 15.3 Å². The van der Waals surface area contributed by atoms with Crippen LogP contribution in [0.2, 0.25) is 0 Å². The van der Waals surface area contributed by atoms with Crippen LogP contribution in [0.25, 0.3) is 10.9 Å². The zero-order valence-electron chi connectivity index (χ0n) is 18.5. The molecule has 1 fully saturated rings. The molecule has 0 amide bonds. The molecule has 3 aromatic rings. The molecule has 2 atom stereocenters. The largest absolute Gasteiger partial charge is 0.480 e. The van der Waals surface area contributed by atoms with Gasteiger partial charge in [-0.05, 0) is 24.1 Å². The molecular weight excluding hydrogens is 406 g/mol. The standard InChI is InChI=1S/C23H29N7O2/c1-3-16(2)20(22(31)32)28-21-17-7-4-5-8-18(17)26-19(27-21)15-29-11-13-30(14-12-29)23-24-9-6-10-25-23/h4-10,16,20H,3,11-15H2,1-2H3,(H,31,32)(H,26,27,28). The average Bonchev–Trinajstić information content (AvgIpc) is 2.82. The van der Waals surface area contributed by atoms with Crippen LogP contribution < -0.4 is 10.2 Å². The minimum absolute atomic E-state index is 0.0297. The number of aromatic nitrogens is 4. The van der Waals surface area contributed by atoms with Gasteiger partial charge in [0, 0.05) is 44.0 Å². The van der Waals surface area contributed by atoms with E-state index < -0.39 is 12.0 Å². The van der Waals surface area contributed by atoms with Crippen molar-refractivity contribution in [1.82, 2.24) is 24.8 Å². The summed E-state index contributed by atoms with van der Waals surface area (Å²) < 4.78 is 0. The molecule has 9 nitrogen and oxygen atoms in total. The van der Waals surface area contributed by atoms with Crippen molar-refractivity contribution in [2.24, 2.45) is 5.92 Å². The Morgan fingerprint density at radius 3 is 2.50 bits per heavy atom. The van der Waals surface area contributed by atoms with Crippen LogP contribution in [0.5, 0.6) is 0 Å². The molecule has 32 heavy (non-hydrogen) atoms. The van der Waals surface area contributed by atoms with Gasteiger partial charge in [-0.3, -0.25) is 4.90 Å². The highest BCUT2D eigenvalue weighted by molar-refractivity contribution is 5.91. The highest BCUT2D eigenvalue weighted by Crippen LogP contribution is 2.24. The first kappa shape index (κ1) is 21.9. The number of piperazine rings is 1. The second-order valence-electron chi connectivity index (χ2n) is 8.16. The van der Waals surface area contributed by atoms with Gasteiger partial charge in [-0.15, -0.1) is 0 Å². The van der Waals surface area contributed by atoms with Crippen molar-refractivity contribution in [3.05, 3.63) is 48.5 Å². The predicted molar refractivity (Wildman–Crippen MR) is 124 cm³/mol. The minimum atomic E-state index is -0.872. The van der Waals surface area contributed by atoms with Crippen molar-refractivity contribution < 1.29 is 9.90 Å². The SMILES string of the molecule is CCC(C)C(Nc1nc(CN2CCN(c3ncccn3)CC2)nc2ccccc12)C(=O)O. The average molecular weight is 436 g/mol. The molecule has 2 unspecified atom stereocenters. The number of hydrogen-bond acceptors (Lipinski definition) is 8. The van der Waals surface area contributed by atoms with E-state index in [0.717, 1.165) is 49.5 Å². The Hall–Kier alpha value is -3.33. The van der Waals surface area contributed by atoms with E-state index in [-0.39, 0.29) is 5.92 Å². The summed E-state index contributed by atoms with van der Waals surface area (Å²) in [5.74, 6) is 1.12. The van der Waals surface area contributed by atoms with Crippen LogP contribution in [0.15, 0.2) is 42.7 Å². The number of para-hydroxylation sites is 1. The molecule has 2 aromatic heterocycles. The van der Waals surface area contributed by atoms with Crippen LogP contribution in [0.4, 0.5) is 11.8 Å². The molecule has 0 spiro atoms. The summed E-state index contributed by atoms with van der Waals surface area (Å²) in [4.78, 5) is 34.5. The van der Waals surface area contributed by atoms with Gasteiger partial charge in [-0.1, -0.05) is 32.4 Å². The van der Waals surface area contributed by atoms with Crippen LogP contribution in [0, 0.1) is 5.92 Å². The minimum Gasteiger partial charge on any atom is -0.480 e. The van der Waals surface area contributed by atoms with E-state index in [0.29, 0.717) is 18.2 Å². The highest BCUT2D eigenvalue weighted by atomic mass is 16.4. The normalized spacial score (nSPS) is 16.6. The van der Waals surface area contributed by atoms with E-state index in [1.165, 1.54) is 0 Å². The van der Waals surface area contributed by atoms with Crippen molar-refractivity contribution in [3.63, 3.8) is 0 Å². The fraction of sp³-hybridized carbons (Fsp3) is 0.435. The molecule has 0 radical (unpaired) electrons. The molecule has 0 aliphatic carbocycles. The predicted octanol–water partition coefficient (Wildman–Crippen LogP) is 2.65. The van der Waals surface area contributed by atoms with Crippen LogP contribution >= 0.6 is 0 Å². The molecule has 0 bridgehead atoms. The first-order chi connectivity index (χ1) is 15.5. The number of rotatable bonds is 8. The zero-order chi connectivity index (χ0) is 22.5. The van der Waals surface area contributed by atoms with Gasteiger partial charge in [0.25, 0.3) is 0 Å². The number of benzene rings is 1. The maximum Gasteiger partial charge on any atom is 0.326 e. The highest BCUT2D eigenvalue weighted by Gasteiger charge is 2.25. The van der Waals surface area contributed by atoms with Gasteiger partial charge in [0.2, 0.25) is 5.95 Å². The number of fused-ring (bicyclic) bond motifs is 1. The van der Waals surface area contributed by atoms with Gasteiger partial charge in [0.1, 0.15) is 17.7 Å². The number of carboxylic acid groups (broad SMARTS) is 1. The Morgan fingerprint density at radius 1 is 1.09 bits per heavy atom. The molecule has 1 aliphatic rings. The molecular formula is C23H29N7O2. The second-order valence-corrected chi connectivity index (χ2v) is 8.16. The quantitative estimate of drug-likeness (QED) is 0.552. The summed E-state index contributed by atoms with van der Waals surface area (Å²) in [6.07, 6.45) is 4.28. The van der Waals surface area contributed by atoms with E-state index >= 15 is 0 Å². The van der Waals surface area contributed by atoms with E-state index in [4.69, 9.17) is 9.97 Å². The van der Waals surface area contributed by atoms with Crippen LogP contribution in [0.1, 0.15) is 26.1 Å². The third-order valence-electron chi connectivity index (χ3n) is 5.99. The van der Waals surface area contributed by atoms with Crippen molar-refractivity contribution in [1.29, 1.82) is 0 Å². The number of anilines is 2. The third kappa shape index (κ3) is 4.94. The van der Waals surface area contributed by atoms with Crippen molar-refractivity contribution in [3.8, 4) is 0 Å². The number of carbonyl (C=O) groups is 1. The summed E-state index contributed by atoms with van der Waals surface area (Å²) in [7, 11) is 0. The number of aliphatic carboxylic acids is 1. The Morgan fingerprint density at radius 2 is 1.81 bits per heavy atom. The van der Waals surface area contributed by atoms with Crippen molar-refractivity contribution in [2.75, 3.05) is 36.4 Å². The summed E-state index contributed by atoms with van der Waals surface area (Å²) >= 11 is 0. The van der Waals surface area contributed by atoms with Gasteiger partial charge in [-0.25, -0.2) is 24.7 Å². The summed E-state index contributed by atoms with van der Waals surface area (Å²) in [6.45, 7) is 7.89. The van der Waals surface area contributed by atoms with E-state index in [9.17, 15) is 9.90 Å². The number of carboxylic acids is 1. The Kier molecular flexibility index (Phi) is 6.75.